The highest BCUT2D eigenvalue weighted by Crippen LogP contribution is 2.39. The molecule has 4 heteroatoms. The first-order chi connectivity index (χ1) is 10.6. The number of hydrogen-bond acceptors (Lipinski definition) is 3. The molecule has 0 aliphatic heterocycles. The normalized spacial score (nSPS) is 35.6. The molecule has 2 aliphatic rings. The van der Waals surface area contributed by atoms with Crippen molar-refractivity contribution in [3.63, 3.8) is 0 Å². The first-order valence-corrected chi connectivity index (χ1v) is 9.01. The van der Waals surface area contributed by atoms with Crippen LogP contribution in [0, 0.1) is 17.8 Å². The van der Waals surface area contributed by atoms with Gasteiger partial charge in [0.25, 0.3) is 0 Å². The Morgan fingerprint density at radius 1 is 1.14 bits per heavy atom. The molecule has 0 amide bonds. The van der Waals surface area contributed by atoms with Crippen molar-refractivity contribution in [2.75, 3.05) is 6.61 Å². The van der Waals surface area contributed by atoms with E-state index in [1.165, 1.54) is 19.3 Å². The molecule has 3 nitrogen and oxygen atoms in total. The van der Waals surface area contributed by atoms with Crippen LogP contribution in [0.25, 0.3) is 0 Å². The summed E-state index contributed by atoms with van der Waals surface area (Å²) in [5.41, 5.74) is 0. The van der Waals surface area contributed by atoms with Gasteiger partial charge in [0.2, 0.25) is 0 Å². The molecule has 0 bridgehead atoms. The van der Waals surface area contributed by atoms with E-state index in [0.717, 1.165) is 19.3 Å². The molecular formula is C18H29ClO3. The van der Waals surface area contributed by atoms with Gasteiger partial charge in [-0.05, 0) is 37.5 Å². The molecule has 0 spiro atoms. The Balaban J connectivity index is 1.94. The Kier molecular flexibility index (Phi) is 7.42. The number of aliphatic hydroxyl groups excluding tert-OH is 3. The maximum Gasteiger partial charge on any atom is 0.0749 e. The zero-order chi connectivity index (χ0) is 15.9. The van der Waals surface area contributed by atoms with Crippen molar-refractivity contribution < 1.29 is 15.3 Å². The highest BCUT2D eigenvalue weighted by molar-refractivity contribution is 6.21. The van der Waals surface area contributed by atoms with E-state index in [2.05, 4.69) is 0 Å². The zero-order valence-corrected chi connectivity index (χ0v) is 13.9. The van der Waals surface area contributed by atoms with Gasteiger partial charge in [-0.1, -0.05) is 43.6 Å². The highest BCUT2D eigenvalue weighted by Gasteiger charge is 2.39. The molecule has 0 radical (unpaired) electrons. The molecule has 22 heavy (non-hydrogen) atoms. The highest BCUT2D eigenvalue weighted by atomic mass is 35.5. The number of alkyl halides is 1. The van der Waals surface area contributed by atoms with E-state index in [9.17, 15) is 10.2 Å². The summed E-state index contributed by atoms with van der Waals surface area (Å²) in [6, 6.07) is 0. The lowest BCUT2D eigenvalue weighted by Crippen LogP contribution is -2.23. The molecule has 2 saturated carbocycles. The summed E-state index contributed by atoms with van der Waals surface area (Å²) < 4.78 is 0. The largest absolute Gasteiger partial charge is 0.392 e. The molecule has 2 rings (SSSR count). The van der Waals surface area contributed by atoms with Crippen molar-refractivity contribution in [1.82, 2.24) is 0 Å². The smallest absolute Gasteiger partial charge is 0.0749 e. The van der Waals surface area contributed by atoms with E-state index in [1.54, 1.807) is 6.08 Å². The van der Waals surface area contributed by atoms with Gasteiger partial charge in [-0.2, -0.15) is 0 Å². The summed E-state index contributed by atoms with van der Waals surface area (Å²) in [6.07, 6.45) is 13.9. The fourth-order valence-corrected chi connectivity index (χ4v) is 4.32. The molecule has 2 fully saturated rings. The van der Waals surface area contributed by atoms with E-state index in [-0.39, 0.29) is 23.8 Å². The Labute approximate surface area is 138 Å². The molecule has 3 N–H and O–H groups in total. The second-order valence-electron chi connectivity index (χ2n) is 6.72. The van der Waals surface area contributed by atoms with Crippen LogP contribution in [-0.2, 0) is 0 Å². The summed E-state index contributed by atoms with van der Waals surface area (Å²) in [7, 11) is 0. The SMILES string of the molecule is OC/C=C\C[C@@H]1[C@@H](/C=C/[C@@H](O)C2CCCCC2)[C@H](O)C[C@H]1Cl. The summed E-state index contributed by atoms with van der Waals surface area (Å²) in [6.45, 7) is 0.0309. The van der Waals surface area contributed by atoms with Gasteiger partial charge in [0.1, 0.15) is 0 Å². The van der Waals surface area contributed by atoms with Gasteiger partial charge in [-0.25, -0.2) is 0 Å². The van der Waals surface area contributed by atoms with Crippen LogP contribution >= 0.6 is 11.6 Å². The van der Waals surface area contributed by atoms with Crippen molar-refractivity contribution in [3.8, 4) is 0 Å². The lowest BCUT2D eigenvalue weighted by Gasteiger charge is -2.25. The molecule has 0 aromatic carbocycles. The second-order valence-corrected chi connectivity index (χ2v) is 7.28. The third-order valence-corrected chi connectivity index (χ3v) is 5.72. The zero-order valence-electron chi connectivity index (χ0n) is 13.1. The first-order valence-electron chi connectivity index (χ1n) is 8.58. The number of aliphatic hydroxyl groups is 3. The maximum atomic E-state index is 10.3. The quantitative estimate of drug-likeness (QED) is 0.519. The maximum absolute atomic E-state index is 10.3. The van der Waals surface area contributed by atoms with Gasteiger partial charge in [0.05, 0.1) is 18.8 Å². The number of halogens is 1. The average Bonchev–Trinajstić information content (AvgIpc) is 2.80. The van der Waals surface area contributed by atoms with Crippen molar-refractivity contribution in [3.05, 3.63) is 24.3 Å². The molecule has 2 aliphatic carbocycles. The van der Waals surface area contributed by atoms with Crippen LogP contribution in [0.5, 0.6) is 0 Å². The minimum Gasteiger partial charge on any atom is -0.392 e. The second kappa shape index (κ2) is 9.07. The van der Waals surface area contributed by atoms with Crippen LogP contribution in [0.1, 0.15) is 44.9 Å². The Morgan fingerprint density at radius 2 is 1.86 bits per heavy atom. The van der Waals surface area contributed by atoms with Crippen molar-refractivity contribution in [1.29, 1.82) is 0 Å². The van der Waals surface area contributed by atoms with Gasteiger partial charge in [0, 0.05) is 11.3 Å². The molecule has 5 atom stereocenters. The molecule has 0 aromatic rings. The van der Waals surface area contributed by atoms with Crippen LogP contribution in [0.4, 0.5) is 0 Å². The number of allylic oxidation sites excluding steroid dienone is 1. The lowest BCUT2D eigenvalue weighted by atomic mass is 9.84. The van der Waals surface area contributed by atoms with Gasteiger partial charge in [0.15, 0.2) is 0 Å². The molecule has 0 saturated heterocycles. The Hall–Kier alpha value is -0.350. The van der Waals surface area contributed by atoms with E-state index < -0.39 is 12.2 Å². The van der Waals surface area contributed by atoms with Gasteiger partial charge in [-0.3, -0.25) is 0 Å². The third-order valence-electron chi connectivity index (χ3n) is 5.21. The Morgan fingerprint density at radius 3 is 2.55 bits per heavy atom. The summed E-state index contributed by atoms with van der Waals surface area (Å²) >= 11 is 6.36. The number of rotatable bonds is 6. The first kappa shape index (κ1) is 18.0. The van der Waals surface area contributed by atoms with E-state index >= 15 is 0 Å². The van der Waals surface area contributed by atoms with E-state index in [4.69, 9.17) is 16.7 Å². The third kappa shape index (κ3) is 4.82. The topological polar surface area (TPSA) is 60.7 Å². The molecule has 0 aromatic heterocycles. The molecule has 126 valence electrons. The number of hydrogen-bond donors (Lipinski definition) is 3. The minimum absolute atomic E-state index is 0.0101. The fraction of sp³-hybridized carbons (Fsp3) is 0.778. The summed E-state index contributed by atoms with van der Waals surface area (Å²) in [5, 5.41) is 29.3. The van der Waals surface area contributed by atoms with Crippen LogP contribution in [0.2, 0.25) is 0 Å². The standard InChI is InChI=1S/C18H29ClO3/c19-16-12-18(22)15(14(16)8-4-5-11-20)9-10-17(21)13-6-2-1-3-7-13/h4-5,9-10,13-18,20-22H,1-3,6-8,11-12H2/b5-4-,10-9+/t14-,15-,16-,17-,18-/m1/s1. The monoisotopic (exact) mass is 328 g/mol. The predicted molar refractivity (Wildman–Crippen MR) is 89.8 cm³/mol. The molecule has 0 unspecified atom stereocenters. The summed E-state index contributed by atoms with van der Waals surface area (Å²) in [4.78, 5) is 0. The van der Waals surface area contributed by atoms with Crippen molar-refractivity contribution >= 4 is 11.6 Å². The van der Waals surface area contributed by atoms with Gasteiger partial charge < -0.3 is 15.3 Å². The van der Waals surface area contributed by atoms with Crippen LogP contribution < -0.4 is 0 Å². The fourth-order valence-electron chi connectivity index (χ4n) is 3.87. The van der Waals surface area contributed by atoms with E-state index in [1.807, 2.05) is 18.2 Å². The lowest BCUT2D eigenvalue weighted by molar-refractivity contribution is 0.120. The van der Waals surface area contributed by atoms with E-state index in [0.29, 0.717) is 12.3 Å². The average molecular weight is 329 g/mol. The predicted octanol–water partition coefficient (Wildman–Crippen LogP) is 3.03. The minimum atomic E-state index is -0.440. The molecular weight excluding hydrogens is 300 g/mol. The van der Waals surface area contributed by atoms with Gasteiger partial charge in [-0.15, -0.1) is 11.6 Å². The van der Waals surface area contributed by atoms with Crippen LogP contribution in [0.3, 0.4) is 0 Å². The van der Waals surface area contributed by atoms with Crippen molar-refractivity contribution in [2.45, 2.75) is 62.5 Å². The van der Waals surface area contributed by atoms with Gasteiger partial charge >= 0.3 is 0 Å². The van der Waals surface area contributed by atoms with Crippen LogP contribution in [0.15, 0.2) is 24.3 Å². The van der Waals surface area contributed by atoms with Crippen LogP contribution in [-0.4, -0.2) is 39.5 Å². The Bertz CT molecular complexity index is 377. The summed E-state index contributed by atoms with van der Waals surface area (Å²) in [5.74, 6) is 0.515. The van der Waals surface area contributed by atoms with Crippen molar-refractivity contribution in [2.24, 2.45) is 17.8 Å². The molecule has 0 heterocycles.